The van der Waals surface area contributed by atoms with E-state index in [1.54, 1.807) is 13.8 Å². The van der Waals surface area contributed by atoms with Crippen LogP contribution in [0.15, 0.2) is 23.1 Å². The van der Waals surface area contributed by atoms with Crippen molar-refractivity contribution in [3.63, 3.8) is 0 Å². The molecule has 0 fully saturated rings. The summed E-state index contributed by atoms with van der Waals surface area (Å²) in [7, 11) is -2.38. The van der Waals surface area contributed by atoms with Crippen molar-refractivity contribution in [2.45, 2.75) is 24.8 Å². The summed E-state index contributed by atoms with van der Waals surface area (Å²) in [5.41, 5.74) is 5.73. The first-order chi connectivity index (χ1) is 9.26. The summed E-state index contributed by atoms with van der Waals surface area (Å²) < 4.78 is 31.2. The van der Waals surface area contributed by atoms with Crippen LogP contribution in [0.1, 0.15) is 13.8 Å². The number of nitrogens with two attached hydrogens (primary N) is 1. The van der Waals surface area contributed by atoms with E-state index in [1.165, 1.54) is 25.3 Å². The minimum atomic E-state index is -3.84. The highest BCUT2D eigenvalue weighted by Gasteiger charge is 2.19. The maximum atomic E-state index is 12.0. The van der Waals surface area contributed by atoms with Crippen molar-refractivity contribution in [2.24, 2.45) is 0 Å². The highest BCUT2D eigenvalue weighted by atomic mass is 32.2. The van der Waals surface area contributed by atoms with Crippen molar-refractivity contribution in [1.82, 2.24) is 10.0 Å². The molecule has 0 radical (unpaired) electrons. The van der Waals surface area contributed by atoms with E-state index in [0.29, 0.717) is 5.75 Å². The van der Waals surface area contributed by atoms with Gasteiger partial charge in [0.25, 0.3) is 0 Å². The van der Waals surface area contributed by atoms with E-state index in [4.69, 9.17) is 10.5 Å². The van der Waals surface area contributed by atoms with Crippen molar-refractivity contribution >= 4 is 21.6 Å². The van der Waals surface area contributed by atoms with E-state index in [1.807, 2.05) is 0 Å². The molecule has 0 aliphatic heterocycles. The minimum absolute atomic E-state index is 0.0566. The summed E-state index contributed by atoms with van der Waals surface area (Å²) in [4.78, 5) is 11.3. The highest BCUT2D eigenvalue weighted by Crippen LogP contribution is 2.23. The lowest BCUT2D eigenvalue weighted by atomic mass is 10.3. The Kier molecular flexibility index (Phi) is 5.34. The second-order valence-electron chi connectivity index (χ2n) is 4.45. The van der Waals surface area contributed by atoms with E-state index >= 15 is 0 Å². The van der Waals surface area contributed by atoms with Crippen LogP contribution in [0.5, 0.6) is 5.75 Å². The van der Waals surface area contributed by atoms with Crippen molar-refractivity contribution in [3.8, 4) is 5.75 Å². The number of methoxy groups -OCH3 is 1. The lowest BCUT2D eigenvalue weighted by Crippen LogP contribution is -2.39. The monoisotopic (exact) mass is 301 g/mol. The summed E-state index contributed by atoms with van der Waals surface area (Å²) in [5, 5.41) is 2.58. The summed E-state index contributed by atoms with van der Waals surface area (Å²) in [6, 6.07) is 4.16. The van der Waals surface area contributed by atoms with Gasteiger partial charge in [-0.3, -0.25) is 4.79 Å². The number of hydrogen-bond acceptors (Lipinski definition) is 5. The van der Waals surface area contributed by atoms with Gasteiger partial charge in [-0.25, -0.2) is 13.1 Å². The van der Waals surface area contributed by atoms with E-state index in [2.05, 4.69) is 10.0 Å². The van der Waals surface area contributed by atoms with E-state index in [9.17, 15) is 13.2 Å². The van der Waals surface area contributed by atoms with Gasteiger partial charge in [-0.1, -0.05) is 0 Å². The van der Waals surface area contributed by atoms with Gasteiger partial charge < -0.3 is 15.8 Å². The largest absolute Gasteiger partial charge is 0.497 e. The standard InChI is InChI=1S/C12H19N3O4S/c1-8(2)15-12(16)7-14-20(17,18)11-5-4-9(19-3)6-10(11)13/h4-6,8,14H,7,13H2,1-3H3,(H,15,16). The number of amides is 1. The van der Waals surface area contributed by atoms with Crippen molar-refractivity contribution < 1.29 is 17.9 Å². The molecule has 0 heterocycles. The minimum Gasteiger partial charge on any atom is -0.497 e. The number of nitrogen functional groups attached to an aromatic ring is 1. The number of carbonyl (C=O) groups excluding carboxylic acids is 1. The Balaban J connectivity index is 2.81. The van der Waals surface area contributed by atoms with Crippen LogP contribution in [0.2, 0.25) is 0 Å². The Bertz CT molecular complexity index is 584. The summed E-state index contributed by atoms with van der Waals surface area (Å²) in [6.45, 7) is 3.23. The third-order valence-corrected chi connectivity index (χ3v) is 3.85. The lowest BCUT2D eigenvalue weighted by Gasteiger charge is -2.11. The van der Waals surface area contributed by atoms with Gasteiger partial charge in [0.1, 0.15) is 10.6 Å². The third kappa shape index (κ3) is 4.39. The highest BCUT2D eigenvalue weighted by molar-refractivity contribution is 7.89. The van der Waals surface area contributed by atoms with Crippen LogP contribution in [-0.4, -0.2) is 34.0 Å². The molecule has 0 aliphatic rings. The zero-order chi connectivity index (χ0) is 15.3. The fraction of sp³-hybridized carbons (Fsp3) is 0.417. The topological polar surface area (TPSA) is 111 Å². The predicted octanol–water partition coefficient (Wildman–Crippen LogP) is 0.0803. The molecule has 1 rings (SSSR count). The molecule has 112 valence electrons. The second kappa shape index (κ2) is 6.58. The summed E-state index contributed by atoms with van der Waals surface area (Å²) in [6.07, 6.45) is 0. The van der Waals surface area contributed by atoms with Gasteiger partial charge in [0.15, 0.2) is 0 Å². The van der Waals surface area contributed by atoms with Gasteiger partial charge >= 0.3 is 0 Å². The molecule has 0 aliphatic carbocycles. The summed E-state index contributed by atoms with van der Waals surface area (Å²) in [5.74, 6) is 0.0506. The molecule has 0 saturated heterocycles. The average Bonchev–Trinajstić information content (AvgIpc) is 2.35. The normalized spacial score (nSPS) is 11.4. The first-order valence-electron chi connectivity index (χ1n) is 5.99. The van der Waals surface area contributed by atoms with Crippen molar-refractivity contribution in [2.75, 3.05) is 19.4 Å². The maximum absolute atomic E-state index is 12.0. The quantitative estimate of drug-likeness (QED) is 0.644. The van der Waals surface area contributed by atoms with E-state index < -0.39 is 15.9 Å². The Morgan fingerprint density at radius 3 is 2.55 bits per heavy atom. The molecule has 1 aromatic rings. The molecule has 7 nitrogen and oxygen atoms in total. The zero-order valence-electron chi connectivity index (χ0n) is 11.6. The SMILES string of the molecule is COc1ccc(S(=O)(=O)NCC(=O)NC(C)C)c(N)c1. The molecule has 1 aromatic carbocycles. The molecule has 8 heteroatoms. The molecule has 0 bridgehead atoms. The Labute approximate surface area is 118 Å². The van der Waals surface area contributed by atoms with Crippen LogP contribution in [0, 0.1) is 0 Å². The van der Waals surface area contributed by atoms with Crippen LogP contribution < -0.4 is 20.5 Å². The molecule has 4 N–H and O–H groups in total. The number of hydrogen-bond donors (Lipinski definition) is 3. The number of ether oxygens (including phenoxy) is 1. The smallest absolute Gasteiger partial charge is 0.243 e. The molecule has 1 amide bonds. The van der Waals surface area contributed by atoms with Gasteiger partial charge in [0, 0.05) is 12.1 Å². The third-order valence-electron chi connectivity index (χ3n) is 2.38. The van der Waals surface area contributed by atoms with Crippen LogP contribution in [-0.2, 0) is 14.8 Å². The summed E-state index contributed by atoms with van der Waals surface area (Å²) >= 11 is 0. The lowest BCUT2D eigenvalue weighted by molar-refractivity contribution is -0.120. The van der Waals surface area contributed by atoms with Crippen LogP contribution in [0.25, 0.3) is 0 Å². The first kappa shape index (κ1) is 16.3. The Morgan fingerprint density at radius 1 is 1.40 bits per heavy atom. The average molecular weight is 301 g/mol. The molecule has 0 saturated carbocycles. The van der Waals surface area contributed by atoms with Gasteiger partial charge in [0.05, 0.1) is 19.3 Å². The van der Waals surface area contributed by atoms with Gasteiger partial charge in [0.2, 0.25) is 15.9 Å². The molecule has 20 heavy (non-hydrogen) atoms. The van der Waals surface area contributed by atoms with Gasteiger partial charge in [-0.05, 0) is 26.0 Å². The molecule has 0 unspecified atom stereocenters. The Morgan fingerprint density at radius 2 is 2.05 bits per heavy atom. The maximum Gasteiger partial charge on any atom is 0.243 e. The number of nitrogens with one attached hydrogen (secondary N) is 2. The second-order valence-corrected chi connectivity index (χ2v) is 6.19. The van der Waals surface area contributed by atoms with Crippen LogP contribution >= 0.6 is 0 Å². The molecule has 0 atom stereocenters. The number of rotatable bonds is 6. The van der Waals surface area contributed by atoms with Crippen molar-refractivity contribution in [3.05, 3.63) is 18.2 Å². The zero-order valence-corrected chi connectivity index (χ0v) is 12.5. The van der Waals surface area contributed by atoms with Crippen molar-refractivity contribution in [1.29, 1.82) is 0 Å². The first-order valence-corrected chi connectivity index (χ1v) is 7.47. The number of anilines is 1. The van der Waals surface area contributed by atoms with Gasteiger partial charge in [-0.15, -0.1) is 0 Å². The number of benzene rings is 1. The number of carbonyl (C=O) groups is 1. The van der Waals surface area contributed by atoms with E-state index in [0.717, 1.165) is 0 Å². The predicted molar refractivity (Wildman–Crippen MR) is 75.9 cm³/mol. The van der Waals surface area contributed by atoms with E-state index in [-0.39, 0.29) is 23.2 Å². The molecule has 0 aromatic heterocycles. The Hall–Kier alpha value is -1.80. The molecular formula is C12H19N3O4S. The number of sulfonamides is 1. The van der Waals surface area contributed by atoms with Gasteiger partial charge in [-0.2, -0.15) is 0 Å². The molecular weight excluding hydrogens is 282 g/mol. The fourth-order valence-corrected chi connectivity index (χ4v) is 2.60. The molecule has 0 spiro atoms. The fourth-order valence-electron chi connectivity index (χ4n) is 1.51. The van der Waals surface area contributed by atoms with Crippen LogP contribution in [0.3, 0.4) is 0 Å². The van der Waals surface area contributed by atoms with Crippen LogP contribution in [0.4, 0.5) is 5.69 Å².